The molecule has 2 aromatic heterocycles. The Balaban J connectivity index is 1.61. The van der Waals surface area contributed by atoms with Gasteiger partial charge in [0.05, 0.1) is 5.71 Å². The van der Waals surface area contributed by atoms with Gasteiger partial charge >= 0.3 is 5.97 Å². The molecular weight excluding hydrogens is 638 g/mol. The number of aromatic nitrogens is 3. The summed E-state index contributed by atoms with van der Waals surface area (Å²) in [7, 11) is 0. The highest BCUT2D eigenvalue weighted by molar-refractivity contribution is 6.01. The normalized spacial score (nSPS) is 38.0. The van der Waals surface area contributed by atoms with Crippen molar-refractivity contribution >= 4 is 29.1 Å². The average Bonchev–Trinajstić information content (AvgIpc) is 3.41. The molecule has 50 heavy (non-hydrogen) atoms. The number of hydrogen-bond donors (Lipinski definition) is 1. The molecule has 1 spiro atoms. The van der Waals surface area contributed by atoms with Crippen LogP contribution in [0, 0.1) is 47.9 Å². The Hall–Kier alpha value is -4.21. The summed E-state index contributed by atoms with van der Waals surface area (Å²) in [6.07, 6.45) is 11.9. The number of amides is 1. The lowest BCUT2D eigenvalue weighted by Gasteiger charge is -2.43. The molecule has 5 rings (SSSR count). The third-order valence-electron chi connectivity index (χ3n) is 11.5. The summed E-state index contributed by atoms with van der Waals surface area (Å²) >= 11 is 0. The van der Waals surface area contributed by atoms with Gasteiger partial charge in [0.2, 0.25) is 5.91 Å². The van der Waals surface area contributed by atoms with E-state index in [1.165, 1.54) is 13.8 Å². The smallest absolute Gasteiger partial charge is 0.316 e. The number of hydrogen-bond acceptors (Lipinski definition) is 10. The molecule has 0 aromatic carbocycles. The molecule has 2 aromatic rings. The molecule has 3 fully saturated rings. The van der Waals surface area contributed by atoms with Crippen LogP contribution in [0.2, 0.25) is 0 Å². The second kappa shape index (κ2) is 14.2. The minimum Gasteiger partial charge on any atom is -0.459 e. The molecule has 1 N–H and O–H groups in total. The first kappa shape index (κ1) is 37.1. The van der Waals surface area contributed by atoms with Crippen molar-refractivity contribution in [3.63, 3.8) is 0 Å². The number of ketones is 1. The molecule has 12 nitrogen and oxygen atoms in total. The zero-order valence-electron chi connectivity index (χ0n) is 30.3. The molecule has 1 amide bonds. The summed E-state index contributed by atoms with van der Waals surface area (Å²) in [6, 6.07) is 5.55. The van der Waals surface area contributed by atoms with Crippen molar-refractivity contribution in [3.8, 4) is 18.2 Å². The number of fused-ring (bicyclic) bond motifs is 3. The monoisotopic (exact) mass is 687 g/mol. The highest BCUT2D eigenvalue weighted by atomic mass is 16.6. The van der Waals surface area contributed by atoms with Gasteiger partial charge < -0.3 is 19.4 Å². The molecule has 2 bridgehead atoms. The zero-order chi connectivity index (χ0) is 36.6. The number of oxime groups is 1. The van der Waals surface area contributed by atoms with Gasteiger partial charge in [0.25, 0.3) is 0 Å². The van der Waals surface area contributed by atoms with E-state index in [4.69, 9.17) is 20.7 Å². The molecule has 2 unspecified atom stereocenters. The third kappa shape index (κ3) is 6.53. The SMILES string of the molecule is C#C[C@@]12OC13C/C(=N/OCc1ccc(-n4cccn4)nc1)CC[C@H]([C@@H](C)C(=NC(C)=O)[C@@H]3C)[C@](C)(O)[C@@H](CC)OC(=O)C(C)C(=O)[C@H](C)[C@H]2C. The molecule has 4 heterocycles. The Morgan fingerprint density at radius 3 is 2.54 bits per heavy atom. The van der Waals surface area contributed by atoms with E-state index in [-0.39, 0.29) is 18.8 Å². The van der Waals surface area contributed by atoms with Gasteiger partial charge in [0.1, 0.15) is 35.6 Å². The molecule has 1 aliphatic carbocycles. The largest absolute Gasteiger partial charge is 0.459 e. The number of carbonyl (C=O) groups is 3. The van der Waals surface area contributed by atoms with Gasteiger partial charge in [-0.1, -0.05) is 51.8 Å². The number of terminal acetylenes is 1. The predicted molar refractivity (Wildman–Crippen MR) is 186 cm³/mol. The van der Waals surface area contributed by atoms with Gasteiger partial charge in [0.15, 0.2) is 11.4 Å². The first-order chi connectivity index (χ1) is 23.6. The number of cyclic esters (lactones) is 1. The lowest BCUT2D eigenvalue weighted by Crippen LogP contribution is -2.53. The Kier molecular flexibility index (Phi) is 10.5. The minimum absolute atomic E-state index is 0.141. The summed E-state index contributed by atoms with van der Waals surface area (Å²) < 4.78 is 14.3. The summed E-state index contributed by atoms with van der Waals surface area (Å²) in [4.78, 5) is 54.9. The van der Waals surface area contributed by atoms with Crippen molar-refractivity contribution < 1.29 is 33.8 Å². The quantitative estimate of drug-likeness (QED) is 0.152. The van der Waals surface area contributed by atoms with E-state index < -0.39 is 70.3 Å². The fourth-order valence-corrected chi connectivity index (χ4v) is 8.26. The molecule has 3 aliphatic rings. The second-order valence-corrected chi connectivity index (χ2v) is 14.4. The molecule has 268 valence electrons. The number of ether oxygens (including phenoxy) is 2. The van der Waals surface area contributed by atoms with Gasteiger partial charge in [-0.25, -0.2) is 14.7 Å². The summed E-state index contributed by atoms with van der Waals surface area (Å²) in [5.41, 5.74) is -1.97. The molecule has 0 radical (unpaired) electrons. The van der Waals surface area contributed by atoms with E-state index in [9.17, 15) is 19.5 Å². The molecule has 12 heteroatoms. The highest BCUT2D eigenvalue weighted by Gasteiger charge is 2.76. The van der Waals surface area contributed by atoms with Crippen LogP contribution in [0.5, 0.6) is 0 Å². The number of esters is 1. The van der Waals surface area contributed by atoms with Gasteiger partial charge in [-0.2, -0.15) is 5.10 Å². The van der Waals surface area contributed by atoms with Crippen molar-refractivity contribution in [1.82, 2.24) is 14.8 Å². The minimum atomic E-state index is -1.58. The maximum atomic E-state index is 13.8. The maximum absolute atomic E-state index is 13.8. The number of carbonyl (C=O) groups excluding carboxylic acids is 3. The summed E-state index contributed by atoms with van der Waals surface area (Å²) in [5.74, 6) is -1.69. The van der Waals surface area contributed by atoms with Crippen molar-refractivity contribution in [2.45, 2.75) is 111 Å². The molecule has 1 saturated carbocycles. The van der Waals surface area contributed by atoms with Crippen LogP contribution in [-0.2, 0) is 35.3 Å². The van der Waals surface area contributed by atoms with Crippen LogP contribution in [0.3, 0.4) is 0 Å². The van der Waals surface area contributed by atoms with Gasteiger partial charge in [0, 0.05) is 66.9 Å². The number of Topliss-reactive ketones (excluding diaryl/α,β-unsaturated/α-hetero) is 1. The second-order valence-electron chi connectivity index (χ2n) is 14.4. The van der Waals surface area contributed by atoms with Gasteiger partial charge in [-0.3, -0.25) is 14.4 Å². The Morgan fingerprint density at radius 1 is 1.20 bits per heavy atom. The number of aliphatic imine (C=N–C) groups is 1. The molecule has 2 aliphatic heterocycles. The summed E-state index contributed by atoms with van der Waals surface area (Å²) in [5, 5.41) is 21.2. The van der Waals surface area contributed by atoms with E-state index >= 15 is 0 Å². The number of aliphatic hydroxyl groups is 1. The topological polar surface area (TPSA) is 158 Å². The van der Waals surface area contributed by atoms with Crippen molar-refractivity contribution in [1.29, 1.82) is 0 Å². The van der Waals surface area contributed by atoms with Crippen LogP contribution < -0.4 is 0 Å². The van der Waals surface area contributed by atoms with Crippen LogP contribution in [0.4, 0.5) is 0 Å². The number of nitrogens with zero attached hydrogens (tertiary/aromatic N) is 5. The molecule has 10 atom stereocenters. The molecular formula is C38H49N5O7. The van der Waals surface area contributed by atoms with Crippen LogP contribution >= 0.6 is 0 Å². The van der Waals surface area contributed by atoms with E-state index in [1.807, 2.05) is 52.1 Å². The van der Waals surface area contributed by atoms with Crippen LogP contribution in [0.15, 0.2) is 46.9 Å². The van der Waals surface area contributed by atoms with E-state index in [2.05, 4.69) is 26.2 Å². The fourth-order valence-electron chi connectivity index (χ4n) is 8.26. The zero-order valence-corrected chi connectivity index (χ0v) is 30.3. The Morgan fingerprint density at radius 2 is 1.94 bits per heavy atom. The third-order valence-corrected chi connectivity index (χ3v) is 11.5. The fraction of sp³-hybridized carbons (Fsp3) is 0.605. The summed E-state index contributed by atoms with van der Waals surface area (Å²) in [6.45, 7) is 14.0. The van der Waals surface area contributed by atoms with Crippen LogP contribution in [0.25, 0.3) is 5.82 Å². The molecule has 2 saturated heterocycles. The number of rotatable bonds is 5. The maximum Gasteiger partial charge on any atom is 0.316 e. The predicted octanol–water partition coefficient (Wildman–Crippen LogP) is 4.90. The Bertz CT molecular complexity index is 1690. The Labute approximate surface area is 294 Å². The highest BCUT2D eigenvalue weighted by Crippen LogP contribution is 2.62. The lowest BCUT2D eigenvalue weighted by atomic mass is 9.65. The number of epoxide rings is 1. The van der Waals surface area contributed by atoms with Crippen molar-refractivity contribution in [2.75, 3.05) is 0 Å². The number of pyridine rings is 1. The van der Waals surface area contributed by atoms with E-state index in [0.29, 0.717) is 36.5 Å². The van der Waals surface area contributed by atoms with Gasteiger partial charge in [-0.05, 0) is 51.2 Å². The van der Waals surface area contributed by atoms with E-state index in [1.54, 1.807) is 30.9 Å². The first-order valence-corrected chi connectivity index (χ1v) is 17.5. The van der Waals surface area contributed by atoms with E-state index in [0.717, 1.165) is 5.56 Å². The average molecular weight is 688 g/mol. The van der Waals surface area contributed by atoms with Crippen LogP contribution in [-0.4, -0.2) is 71.9 Å². The first-order valence-electron chi connectivity index (χ1n) is 17.5. The van der Waals surface area contributed by atoms with Gasteiger partial charge in [-0.15, -0.1) is 6.42 Å². The van der Waals surface area contributed by atoms with Crippen molar-refractivity contribution in [3.05, 3.63) is 42.4 Å². The lowest BCUT2D eigenvalue weighted by molar-refractivity contribution is -0.178. The standard InChI is InChI=1S/C38H49N5O7/c1-10-31-36(9,47)30-15-14-29(42-48-21-28-13-16-32(39-20-28)43-18-12-17-40-43)19-38(26(7)33(23(30)4)41-27(8)44)37(11-2,50-38)25(6)22(3)34(45)24(5)35(46)49-31/h2,12-13,16-18,20,22-26,30-31,47H,10,14-15,19,21H2,1,3-9H3/b41-33?,42-29+/t22-,23-,24?,25-,26+,30-,31-,36+,37+,38?/m1/s1. The van der Waals surface area contributed by atoms with Crippen LogP contribution in [0.1, 0.15) is 86.6 Å². The van der Waals surface area contributed by atoms with Crippen molar-refractivity contribution in [2.24, 2.45) is 45.7 Å².